The van der Waals surface area contributed by atoms with Crippen LogP contribution in [0, 0.1) is 0 Å². The zero-order valence-corrected chi connectivity index (χ0v) is 17.0. The number of nitrogens with one attached hydrogen (secondary N) is 2. The van der Waals surface area contributed by atoms with E-state index in [-0.39, 0.29) is 24.3 Å². The van der Waals surface area contributed by atoms with Crippen molar-refractivity contribution in [3.05, 3.63) is 89.4 Å². The van der Waals surface area contributed by atoms with Gasteiger partial charge in [0.15, 0.2) is 0 Å². The van der Waals surface area contributed by atoms with Crippen molar-refractivity contribution >= 4 is 23.4 Å². The predicted octanol–water partition coefficient (Wildman–Crippen LogP) is 3.58. The highest BCUT2D eigenvalue weighted by Gasteiger charge is 2.20. The van der Waals surface area contributed by atoms with Gasteiger partial charge in [-0.2, -0.15) is 0 Å². The van der Waals surface area contributed by atoms with E-state index in [0.717, 1.165) is 18.5 Å². The molecule has 2 N–H and O–H groups in total. The molecule has 1 aromatic heterocycles. The van der Waals surface area contributed by atoms with Gasteiger partial charge in [-0.25, -0.2) is 0 Å². The van der Waals surface area contributed by atoms with E-state index in [0.29, 0.717) is 35.5 Å². The summed E-state index contributed by atoms with van der Waals surface area (Å²) >= 11 is 0. The number of para-hydroxylation sites is 1. The van der Waals surface area contributed by atoms with Crippen molar-refractivity contribution in [1.82, 2.24) is 10.2 Å². The SMILES string of the molecule is O=C(Nc1ccccc1C(=O)NCc1ccco1)c1ccc(CN2CCCC2=O)cc1. The first-order valence-corrected chi connectivity index (χ1v) is 10.2. The second-order valence-electron chi connectivity index (χ2n) is 7.38. The highest BCUT2D eigenvalue weighted by molar-refractivity contribution is 6.09. The van der Waals surface area contributed by atoms with Crippen molar-refractivity contribution in [2.45, 2.75) is 25.9 Å². The monoisotopic (exact) mass is 417 g/mol. The Morgan fingerprint density at radius 1 is 0.968 bits per heavy atom. The van der Waals surface area contributed by atoms with Gasteiger partial charge in [-0.15, -0.1) is 0 Å². The van der Waals surface area contributed by atoms with Crippen molar-refractivity contribution in [3.63, 3.8) is 0 Å². The third kappa shape index (κ3) is 5.01. The summed E-state index contributed by atoms with van der Waals surface area (Å²) in [6, 6.07) is 17.5. The third-order valence-electron chi connectivity index (χ3n) is 5.18. The Balaban J connectivity index is 1.40. The predicted molar refractivity (Wildman–Crippen MR) is 115 cm³/mol. The molecule has 31 heavy (non-hydrogen) atoms. The molecule has 0 saturated carbocycles. The van der Waals surface area contributed by atoms with Gasteiger partial charge in [0.05, 0.1) is 24.1 Å². The first kappa shape index (κ1) is 20.4. The lowest BCUT2D eigenvalue weighted by Crippen LogP contribution is -2.25. The minimum atomic E-state index is -0.310. The molecular weight excluding hydrogens is 394 g/mol. The fourth-order valence-corrected chi connectivity index (χ4v) is 3.51. The summed E-state index contributed by atoms with van der Waals surface area (Å²) in [4.78, 5) is 38.9. The van der Waals surface area contributed by atoms with Gasteiger partial charge in [0.2, 0.25) is 5.91 Å². The van der Waals surface area contributed by atoms with Crippen LogP contribution in [0.1, 0.15) is 44.9 Å². The Labute approximate surface area is 180 Å². The number of nitrogens with zero attached hydrogens (tertiary/aromatic N) is 1. The van der Waals surface area contributed by atoms with Crippen LogP contribution in [0.25, 0.3) is 0 Å². The number of rotatable bonds is 7. The number of furan rings is 1. The van der Waals surface area contributed by atoms with Crippen LogP contribution >= 0.6 is 0 Å². The maximum absolute atomic E-state index is 12.7. The average molecular weight is 417 g/mol. The summed E-state index contributed by atoms with van der Waals surface area (Å²) < 4.78 is 5.22. The molecule has 3 amide bonds. The molecule has 0 atom stereocenters. The van der Waals surface area contributed by atoms with Crippen LogP contribution in [0.15, 0.2) is 71.3 Å². The highest BCUT2D eigenvalue weighted by Crippen LogP contribution is 2.18. The largest absolute Gasteiger partial charge is 0.467 e. The number of carbonyl (C=O) groups excluding carboxylic acids is 3. The third-order valence-corrected chi connectivity index (χ3v) is 5.18. The second-order valence-corrected chi connectivity index (χ2v) is 7.38. The lowest BCUT2D eigenvalue weighted by atomic mass is 10.1. The number of hydrogen-bond donors (Lipinski definition) is 2. The van der Waals surface area contributed by atoms with Gasteiger partial charge in [-0.1, -0.05) is 24.3 Å². The summed E-state index contributed by atoms with van der Waals surface area (Å²) in [5.74, 6) is 0.197. The van der Waals surface area contributed by atoms with E-state index in [9.17, 15) is 14.4 Å². The molecule has 0 aliphatic carbocycles. The number of carbonyl (C=O) groups is 3. The van der Waals surface area contributed by atoms with E-state index in [2.05, 4.69) is 10.6 Å². The summed E-state index contributed by atoms with van der Waals surface area (Å²) in [7, 11) is 0. The normalized spacial score (nSPS) is 13.3. The lowest BCUT2D eigenvalue weighted by molar-refractivity contribution is -0.128. The van der Waals surface area contributed by atoms with Crippen LogP contribution in [-0.2, 0) is 17.9 Å². The molecule has 1 aliphatic heterocycles. The lowest BCUT2D eigenvalue weighted by Gasteiger charge is -2.15. The van der Waals surface area contributed by atoms with E-state index in [1.807, 2.05) is 17.0 Å². The van der Waals surface area contributed by atoms with Gasteiger partial charge in [0.25, 0.3) is 11.8 Å². The van der Waals surface area contributed by atoms with Crippen molar-refractivity contribution < 1.29 is 18.8 Å². The Hall–Kier alpha value is -3.87. The molecule has 7 heteroatoms. The fourth-order valence-electron chi connectivity index (χ4n) is 3.51. The standard InChI is InChI=1S/C24H23N3O4/c28-22-8-3-13-27(22)16-17-9-11-18(12-10-17)23(29)26-21-7-2-1-6-20(21)24(30)25-15-19-5-4-14-31-19/h1-2,4-7,9-12,14H,3,8,13,15-16H2,(H,25,30)(H,26,29). The van der Waals surface area contributed by atoms with Crippen LogP contribution in [0.3, 0.4) is 0 Å². The Bertz CT molecular complexity index is 1070. The minimum absolute atomic E-state index is 0.170. The van der Waals surface area contributed by atoms with Crippen molar-refractivity contribution in [1.29, 1.82) is 0 Å². The molecule has 2 heterocycles. The first-order valence-electron chi connectivity index (χ1n) is 10.2. The number of benzene rings is 2. The van der Waals surface area contributed by atoms with Crippen molar-refractivity contribution in [2.24, 2.45) is 0 Å². The molecule has 7 nitrogen and oxygen atoms in total. The first-order chi connectivity index (χ1) is 15.1. The summed E-state index contributed by atoms with van der Waals surface area (Å²) in [5, 5.41) is 5.60. The Morgan fingerprint density at radius 2 is 1.77 bits per heavy atom. The summed E-state index contributed by atoms with van der Waals surface area (Å²) in [5.41, 5.74) is 2.24. The van der Waals surface area contributed by atoms with Crippen molar-refractivity contribution in [2.75, 3.05) is 11.9 Å². The van der Waals surface area contributed by atoms with E-state index >= 15 is 0 Å². The zero-order chi connectivity index (χ0) is 21.6. The number of likely N-dealkylation sites (tertiary alicyclic amines) is 1. The molecule has 1 saturated heterocycles. The number of amides is 3. The van der Waals surface area contributed by atoms with Crippen LogP contribution in [0.5, 0.6) is 0 Å². The van der Waals surface area contributed by atoms with Crippen LogP contribution in [0.2, 0.25) is 0 Å². The Morgan fingerprint density at radius 3 is 2.48 bits per heavy atom. The zero-order valence-electron chi connectivity index (χ0n) is 17.0. The average Bonchev–Trinajstić information content (AvgIpc) is 3.45. The van der Waals surface area contributed by atoms with Gasteiger partial charge in [0, 0.05) is 25.1 Å². The maximum Gasteiger partial charge on any atom is 0.255 e. The molecule has 158 valence electrons. The molecule has 0 bridgehead atoms. The van der Waals surface area contributed by atoms with E-state index in [1.54, 1.807) is 54.8 Å². The molecule has 1 fully saturated rings. The molecule has 3 aromatic rings. The second kappa shape index (κ2) is 9.30. The smallest absolute Gasteiger partial charge is 0.255 e. The van der Waals surface area contributed by atoms with Crippen molar-refractivity contribution in [3.8, 4) is 0 Å². The molecule has 0 unspecified atom stereocenters. The fraction of sp³-hybridized carbons (Fsp3) is 0.208. The van der Waals surface area contributed by atoms with Crippen LogP contribution in [0.4, 0.5) is 5.69 Å². The van der Waals surface area contributed by atoms with Crippen LogP contribution < -0.4 is 10.6 Å². The number of anilines is 1. The number of hydrogen-bond acceptors (Lipinski definition) is 4. The van der Waals surface area contributed by atoms with E-state index in [4.69, 9.17) is 4.42 Å². The van der Waals surface area contributed by atoms with Crippen LogP contribution in [-0.4, -0.2) is 29.2 Å². The topological polar surface area (TPSA) is 91.7 Å². The van der Waals surface area contributed by atoms with E-state index in [1.165, 1.54) is 0 Å². The Kier molecular flexibility index (Phi) is 6.12. The summed E-state index contributed by atoms with van der Waals surface area (Å²) in [6.45, 7) is 1.59. The van der Waals surface area contributed by atoms with Gasteiger partial charge < -0.3 is 20.0 Å². The highest BCUT2D eigenvalue weighted by atomic mass is 16.3. The summed E-state index contributed by atoms with van der Waals surface area (Å²) in [6.07, 6.45) is 3.05. The molecule has 0 spiro atoms. The molecule has 1 aliphatic rings. The molecule has 4 rings (SSSR count). The van der Waals surface area contributed by atoms with Gasteiger partial charge >= 0.3 is 0 Å². The van der Waals surface area contributed by atoms with Gasteiger partial charge in [-0.05, 0) is 48.4 Å². The maximum atomic E-state index is 12.7. The minimum Gasteiger partial charge on any atom is -0.467 e. The molecule has 2 aromatic carbocycles. The van der Waals surface area contributed by atoms with Gasteiger partial charge in [0.1, 0.15) is 5.76 Å². The van der Waals surface area contributed by atoms with E-state index < -0.39 is 0 Å². The quantitative estimate of drug-likeness (QED) is 0.615. The molecule has 0 radical (unpaired) electrons. The van der Waals surface area contributed by atoms with Gasteiger partial charge in [-0.3, -0.25) is 14.4 Å². The molecular formula is C24H23N3O4.